The van der Waals surface area contributed by atoms with Crippen molar-refractivity contribution >= 4 is 5.97 Å². The molecule has 0 aliphatic carbocycles. The van der Waals surface area contributed by atoms with Gasteiger partial charge in [0, 0.05) is 11.6 Å². The highest BCUT2D eigenvalue weighted by Crippen LogP contribution is 2.19. The molecule has 1 fully saturated rings. The molecular formula is C12H13NO5. The molecule has 6 nitrogen and oxygen atoms in total. The van der Waals surface area contributed by atoms with E-state index in [1.54, 1.807) is 0 Å². The Balaban J connectivity index is 1.85. The first-order chi connectivity index (χ1) is 8.79. The minimum absolute atomic E-state index is 0.493. The molecule has 18 heavy (non-hydrogen) atoms. The zero-order chi connectivity index (χ0) is 12.8. The van der Waals surface area contributed by atoms with Crippen molar-refractivity contribution in [1.29, 1.82) is 0 Å². The van der Waals surface area contributed by atoms with Crippen LogP contribution in [-0.2, 0) is 24.1 Å². The summed E-state index contributed by atoms with van der Waals surface area (Å²) in [7, 11) is 1.29. The van der Waals surface area contributed by atoms with Crippen LogP contribution >= 0.6 is 0 Å². The van der Waals surface area contributed by atoms with Gasteiger partial charge in [-0.15, -0.1) is 0 Å². The summed E-state index contributed by atoms with van der Waals surface area (Å²) in [5.74, 6) is -0.493. The lowest BCUT2D eigenvalue weighted by atomic mass is 10.2. The van der Waals surface area contributed by atoms with Gasteiger partial charge in [-0.05, 0) is 6.08 Å². The molecule has 1 aromatic carbocycles. The first-order valence-electron chi connectivity index (χ1n) is 5.34. The fourth-order valence-corrected chi connectivity index (χ4v) is 1.33. The summed E-state index contributed by atoms with van der Waals surface area (Å²) in [4.78, 5) is 26.1. The molecule has 0 spiro atoms. The molecule has 0 radical (unpaired) electrons. The van der Waals surface area contributed by atoms with Crippen molar-refractivity contribution in [2.24, 2.45) is 0 Å². The highest BCUT2D eigenvalue weighted by atomic mass is 17.3. The van der Waals surface area contributed by atoms with Gasteiger partial charge in [0.15, 0.2) is 6.23 Å². The van der Waals surface area contributed by atoms with E-state index in [1.165, 1.54) is 19.3 Å². The molecule has 1 aliphatic rings. The maximum atomic E-state index is 10.9. The first-order valence-corrected chi connectivity index (χ1v) is 5.34. The lowest BCUT2D eigenvalue weighted by molar-refractivity contribution is -0.459. The fourth-order valence-electron chi connectivity index (χ4n) is 1.33. The smallest absolute Gasteiger partial charge is 0.330 e. The summed E-state index contributed by atoms with van der Waals surface area (Å²) in [6.45, 7) is 0. The van der Waals surface area contributed by atoms with Crippen LogP contribution < -0.4 is 5.48 Å². The molecule has 1 N–H and O–H groups in total. The van der Waals surface area contributed by atoms with Crippen LogP contribution in [0.25, 0.3) is 0 Å². The van der Waals surface area contributed by atoms with Crippen molar-refractivity contribution in [2.45, 2.75) is 12.5 Å². The first kappa shape index (κ1) is 12.7. The Bertz CT molecular complexity index is 412. The highest BCUT2D eigenvalue weighted by Gasteiger charge is 2.23. The van der Waals surface area contributed by atoms with Gasteiger partial charge < -0.3 is 4.74 Å². The number of carbonyl (C=O) groups excluding carboxylic acids is 1. The van der Waals surface area contributed by atoms with Crippen molar-refractivity contribution in [2.75, 3.05) is 7.11 Å². The molecule has 6 heteroatoms. The van der Waals surface area contributed by atoms with E-state index in [4.69, 9.17) is 14.6 Å². The minimum atomic E-state index is -0.802. The van der Waals surface area contributed by atoms with Gasteiger partial charge in [0.05, 0.1) is 7.11 Å². The third-order valence-electron chi connectivity index (χ3n) is 2.23. The van der Waals surface area contributed by atoms with Crippen LogP contribution in [0.5, 0.6) is 0 Å². The van der Waals surface area contributed by atoms with E-state index in [9.17, 15) is 4.79 Å². The van der Waals surface area contributed by atoms with Crippen molar-refractivity contribution in [3.63, 3.8) is 0 Å². The monoisotopic (exact) mass is 251 g/mol. The number of hydrogen-bond donors (Lipinski definition) is 1. The van der Waals surface area contributed by atoms with E-state index in [2.05, 4.69) is 10.2 Å². The second-order valence-electron chi connectivity index (χ2n) is 3.47. The summed E-state index contributed by atoms with van der Waals surface area (Å²) in [6.07, 6.45) is 1.26. The van der Waals surface area contributed by atoms with Crippen molar-refractivity contribution < 1.29 is 24.1 Å². The summed E-state index contributed by atoms with van der Waals surface area (Å²) < 4.78 is 4.43. The Morgan fingerprint density at radius 1 is 1.33 bits per heavy atom. The zero-order valence-electron chi connectivity index (χ0n) is 9.74. The Labute approximate surface area is 104 Å². The fraction of sp³-hybridized carbons (Fsp3) is 0.250. The van der Waals surface area contributed by atoms with Crippen LogP contribution in [0.4, 0.5) is 0 Å². The van der Waals surface area contributed by atoms with Crippen LogP contribution in [0.15, 0.2) is 42.5 Å². The van der Waals surface area contributed by atoms with Crippen molar-refractivity contribution in [3.05, 3.63) is 48.0 Å². The predicted molar refractivity (Wildman–Crippen MR) is 60.5 cm³/mol. The summed E-state index contributed by atoms with van der Waals surface area (Å²) >= 11 is 0. The van der Waals surface area contributed by atoms with Crippen molar-refractivity contribution in [3.8, 4) is 0 Å². The SMILES string of the molecule is COC(=O)/C=C\C1ONC(c2ccccc2)OO1. The summed E-state index contributed by atoms with van der Waals surface area (Å²) in [5.41, 5.74) is 3.55. The quantitative estimate of drug-likeness (QED) is 0.495. The number of nitrogens with one attached hydrogen (secondary N) is 1. The molecule has 1 heterocycles. The molecule has 2 rings (SSSR count). The molecule has 2 unspecified atom stereocenters. The van der Waals surface area contributed by atoms with E-state index in [-0.39, 0.29) is 0 Å². The van der Waals surface area contributed by atoms with E-state index in [0.717, 1.165) is 5.56 Å². The van der Waals surface area contributed by atoms with Crippen LogP contribution in [-0.4, -0.2) is 19.4 Å². The molecule has 1 saturated heterocycles. The van der Waals surface area contributed by atoms with E-state index in [0.29, 0.717) is 0 Å². The molecule has 1 aromatic rings. The van der Waals surface area contributed by atoms with Crippen LogP contribution in [0.3, 0.4) is 0 Å². The Hall–Kier alpha value is -1.73. The van der Waals surface area contributed by atoms with Gasteiger partial charge in [-0.3, -0.25) is 4.84 Å². The lowest BCUT2D eigenvalue weighted by Crippen LogP contribution is -2.36. The molecule has 96 valence electrons. The number of hydroxylamine groups is 1. The topological polar surface area (TPSA) is 66.0 Å². The highest BCUT2D eigenvalue weighted by molar-refractivity contribution is 5.81. The predicted octanol–water partition coefficient (Wildman–Crippen LogP) is 1.22. The zero-order valence-corrected chi connectivity index (χ0v) is 9.74. The maximum Gasteiger partial charge on any atom is 0.330 e. The molecule has 2 atom stereocenters. The minimum Gasteiger partial charge on any atom is -0.466 e. The van der Waals surface area contributed by atoms with Gasteiger partial charge >= 0.3 is 5.97 Å². The number of hydrogen-bond acceptors (Lipinski definition) is 6. The van der Waals surface area contributed by atoms with Crippen LogP contribution in [0, 0.1) is 0 Å². The Morgan fingerprint density at radius 2 is 2.11 bits per heavy atom. The standard InChI is InChI=1S/C12H13NO5/c1-15-10(14)7-8-11-16-13-12(18-17-11)9-5-3-2-4-6-9/h2-8,11-13H,1H3/b8-7-. The number of benzene rings is 1. The van der Waals surface area contributed by atoms with Gasteiger partial charge in [-0.2, -0.15) is 10.4 Å². The maximum absolute atomic E-state index is 10.9. The number of methoxy groups -OCH3 is 1. The normalized spacial score (nSPS) is 24.1. The molecule has 0 bridgehead atoms. The van der Waals surface area contributed by atoms with Gasteiger partial charge in [0.1, 0.15) is 0 Å². The third kappa shape index (κ3) is 3.38. The van der Waals surface area contributed by atoms with E-state index in [1.807, 2.05) is 30.3 Å². The van der Waals surface area contributed by atoms with E-state index < -0.39 is 18.5 Å². The average Bonchev–Trinajstić information content (AvgIpc) is 2.46. The largest absolute Gasteiger partial charge is 0.466 e. The van der Waals surface area contributed by atoms with E-state index >= 15 is 0 Å². The van der Waals surface area contributed by atoms with Gasteiger partial charge in [-0.25, -0.2) is 9.68 Å². The van der Waals surface area contributed by atoms with Crippen molar-refractivity contribution in [1.82, 2.24) is 5.48 Å². The summed E-state index contributed by atoms with van der Waals surface area (Å²) in [5, 5.41) is 0. The lowest BCUT2D eigenvalue weighted by Gasteiger charge is -2.27. The third-order valence-corrected chi connectivity index (χ3v) is 2.23. The second-order valence-corrected chi connectivity index (χ2v) is 3.47. The Kier molecular flexibility index (Phi) is 4.43. The van der Waals surface area contributed by atoms with Gasteiger partial charge in [-0.1, -0.05) is 30.3 Å². The molecule has 0 amide bonds. The van der Waals surface area contributed by atoms with Crippen LogP contribution in [0.1, 0.15) is 11.8 Å². The van der Waals surface area contributed by atoms with Gasteiger partial charge in [0.2, 0.25) is 6.29 Å². The molecule has 0 saturated carbocycles. The molecular weight excluding hydrogens is 238 g/mol. The molecule has 0 aromatic heterocycles. The average molecular weight is 251 g/mol. The number of rotatable bonds is 3. The Morgan fingerprint density at radius 3 is 2.72 bits per heavy atom. The number of esters is 1. The number of ether oxygens (including phenoxy) is 1. The second kappa shape index (κ2) is 6.27. The molecule has 1 aliphatic heterocycles. The summed E-state index contributed by atoms with van der Waals surface area (Å²) in [6, 6.07) is 9.40. The van der Waals surface area contributed by atoms with Gasteiger partial charge in [0.25, 0.3) is 0 Å². The van der Waals surface area contributed by atoms with Crippen LogP contribution in [0.2, 0.25) is 0 Å². The number of carbonyl (C=O) groups is 1.